The predicted molar refractivity (Wildman–Crippen MR) is 180 cm³/mol. The van der Waals surface area contributed by atoms with E-state index in [9.17, 15) is 19.2 Å². The number of nitrogens with two attached hydrogens (primary N) is 2. The molecule has 256 valence electrons. The van der Waals surface area contributed by atoms with Gasteiger partial charge in [0.1, 0.15) is 23.3 Å². The number of hydrogen-bond acceptors (Lipinski definition) is 13. The van der Waals surface area contributed by atoms with Gasteiger partial charge >= 0.3 is 11.9 Å². The lowest BCUT2D eigenvalue weighted by atomic mass is 10.2. The molecule has 0 aliphatic rings. The number of esters is 2. The molecule has 0 saturated heterocycles. The molecule has 0 aliphatic heterocycles. The maximum Gasteiger partial charge on any atom is 0.305 e. The Kier molecular flexibility index (Phi) is 16.3. The molecule has 0 spiro atoms. The summed E-state index contributed by atoms with van der Waals surface area (Å²) < 4.78 is 10.9. The Labute approximate surface area is 280 Å². The van der Waals surface area contributed by atoms with Crippen LogP contribution >= 0.6 is 11.8 Å². The van der Waals surface area contributed by atoms with E-state index in [1.807, 2.05) is 13.8 Å². The van der Waals surface area contributed by atoms with Gasteiger partial charge < -0.3 is 30.7 Å². The molecule has 2 rings (SSSR count). The molecule has 47 heavy (non-hydrogen) atoms. The zero-order valence-corrected chi connectivity index (χ0v) is 28.9. The summed E-state index contributed by atoms with van der Waals surface area (Å²) >= 11 is 1.31. The first-order valence-electron chi connectivity index (χ1n) is 15.4. The number of carbonyl (C=O) groups excluding carboxylic acids is 4. The maximum atomic E-state index is 12.4. The van der Waals surface area contributed by atoms with Crippen molar-refractivity contribution in [1.29, 1.82) is 0 Å². The minimum absolute atomic E-state index is 0.0629. The summed E-state index contributed by atoms with van der Waals surface area (Å²) in [5, 5.41) is 0. The fourth-order valence-corrected chi connectivity index (χ4v) is 5.45. The third-order valence-corrected chi connectivity index (χ3v) is 8.47. The van der Waals surface area contributed by atoms with Gasteiger partial charge in [0.15, 0.2) is 0 Å². The molecule has 0 unspecified atom stereocenters. The van der Waals surface area contributed by atoms with E-state index in [1.165, 1.54) is 21.6 Å². The van der Waals surface area contributed by atoms with Gasteiger partial charge in [-0.25, -0.2) is 19.9 Å². The third kappa shape index (κ3) is 12.6. The summed E-state index contributed by atoms with van der Waals surface area (Å²) in [7, 11) is 0. The molecule has 2 aromatic heterocycles. The first-order chi connectivity index (χ1) is 22.4. The Hall–Kier alpha value is -4.53. The fourth-order valence-electron chi connectivity index (χ4n) is 4.25. The lowest BCUT2D eigenvalue weighted by Gasteiger charge is -2.26. The summed E-state index contributed by atoms with van der Waals surface area (Å²) in [6, 6.07) is 0. The van der Waals surface area contributed by atoms with Crippen LogP contribution in [0.15, 0.2) is 33.6 Å². The van der Waals surface area contributed by atoms with Gasteiger partial charge in [0, 0.05) is 70.4 Å². The summed E-state index contributed by atoms with van der Waals surface area (Å²) in [4.78, 5) is 70.3. The van der Waals surface area contributed by atoms with Crippen LogP contribution in [0.1, 0.15) is 89.0 Å². The fraction of sp³-hybridized carbons (Fsp3) is 0.500. The summed E-state index contributed by atoms with van der Waals surface area (Å²) in [6.45, 7) is 11.1. The van der Waals surface area contributed by atoms with Crippen molar-refractivity contribution in [2.24, 2.45) is 0 Å². The highest BCUT2D eigenvalue weighted by Gasteiger charge is 2.20. The highest BCUT2D eigenvalue weighted by Crippen LogP contribution is 2.37. The van der Waals surface area contributed by atoms with E-state index in [1.54, 1.807) is 40.1 Å². The number of allylic oxidation sites excluding steroid dienone is 2. The second-order valence-electron chi connectivity index (χ2n) is 10.7. The molecule has 2 aromatic rings. The van der Waals surface area contributed by atoms with E-state index < -0.39 is 0 Å². The molecule has 2 heterocycles. The quantitative estimate of drug-likeness (QED) is 0.149. The van der Waals surface area contributed by atoms with Crippen molar-refractivity contribution in [1.82, 2.24) is 29.7 Å². The van der Waals surface area contributed by atoms with Crippen molar-refractivity contribution in [3.8, 4) is 0 Å². The Morgan fingerprint density at radius 1 is 0.745 bits per heavy atom. The zero-order chi connectivity index (χ0) is 34.9. The first-order valence-corrected chi connectivity index (χ1v) is 16.2. The smallest absolute Gasteiger partial charge is 0.305 e. The van der Waals surface area contributed by atoms with E-state index in [0.717, 1.165) is 0 Å². The molecule has 0 aromatic carbocycles. The number of anilines is 2. The monoisotopic (exact) mass is 670 g/mol. The van der Waals surface area contributed by atoms with Gasteiger partial charge in [-0.15, -0.1) is 0 Å². The van der Waals surface area contributed by atoms with Crippen molar-refractivity contribution >= 4 is 48.2 Å². The van der Waals surface area contributed by atoms with E-state index in [-0.39, 0.29) is 75.6 Å². The number of hydrogen-bond donors (Lipinski definition) is 2. The third-order valence-electron chi connectivity index (χ3n) is 6.98. The van der Waals surface area contributed by atoms with Crippen LogP contribution in [0.2, 0.25) is 0 Å². The van der Waals surface area contributed by atoms with Gasteiger partial charge in [-0.3, -0.25) is 19.2 Å². The number of thioether (sulfide) groups is 1. The average Bonchev–Trinajstić information content (AvgIpc) is 3.02. The highest BCUT2D eigenvalue weighted by molar-refractivity contribution is 8.06. The van der Waals surface area contributed by atoms with E-state index in [4.69, 9.17) is 20.9 Å². The van der Waals surface area contributed by atoms with E-state index in [2.05, 4.69) is 19.9 Å². The number of aryl methyl sites for hydroxylation is 2. The van der Waals surface area contributed by atoms with Crippen LogP contribution in [0.3, 0.4) is 0 Å². The Morgan fingerprint density at radius 2 is 1.13 bits per heavy atom. The molecule has 0 saturated carbocycles. The molecule has 14 nitrogen and oxygen atoms in total. The van der Waals surface area contributed by atoms with Crippen LogP contribution in [0.4, 0.5) is 11.6 Å². The Balaban J connectivity index is 2.56. The minimum atomic E-state index is -0.328. The summed E-state index contributed by atoms with van der Waals surface area (Å²) in [5.41, 5.74) is 14.5. The van der Waals surface area contributed by atoms with Gasteiger partial charge in [0.2, 0.25) is 12.8 Å². The number of carbonyl (C=O) groups is 4. The zero-order valence-electron chi connectivity index (χ0n) is 28.1. The Morgan fingerprint density at radius 3 is 1.45 bits per heavy atom. The lowest BCUT2D eigenvalue weighted by Crippen LogP contribution is -2.23. The van der Waals surface area contributed by atoms with E-state index >= 15 is 0 Å². The van der Waals surface area contributed by atoms with Gasteiger partial charge in [-0.05, 0) is 40.5 Å². The van der Waals surface area contributed by atoms with Gasteiger partial charge in [0.25, 0.3) is 0 Å². The molecule has 15 heteroatoms. The van der Waals surface area contributed by atoms with Gasteiger partial charge in [-0.1, -0.05) is 25.6 Å². The highest BCUT2D eigenvalue weighted by atomic mass is 32.2. The minimum Gasteiger partial charge on any atom is -0.465 e. The molecular formula is C32H46N8O6S. The number of ether oxygens (including phenoxy) is 2. The predicted octanol–water partition coefficient (Wildman–Crippen LogP) is 4.33. The lowest BCUT2D eigenvalue weighted by molar-refractivity contribution is -0.144. The van der Waals surface area contributed by atoms with Crippen molar-refractivity contribution < 1.29 is 28.7 Å². The van der Waals surface area contributed by atoms with Crippen LogP contribution in [0.5, 0.6) is 0 Å². The van der Waals surface area contributed by atoms with Gasteiger partial charge in [-0.2, -0.15) is 0 Å². The number of rotatable bonds is 20. The SMILES string of the molecule is CCCC(=O)OCCC(SC(CCOC(=O)CCC)=C(C)N(C=O)Cc1cnc(C)nc1N)=C(C)N(C=O)Cc1cnc(C)nc1N. The number of aromatic nitrogens is 4. The van der Waals surface area contributed by atoms with Crippen molar-refractivity contribution in [3.05, 3.63) is 56.4 Å². The molecule has 2 amide bonds. The maximum absolute atomic E-state index is 12.4. The van der Waals surface area contributed by atoms with E-state index in [0.29, 0.717) is 69.6 Å². The standard InChI is InChI=1S/C32H46N8O6S/c1-7-9-29(43)45-13-11-27(21(3)39(19-41)17-25-15-35-23(5)37-31(25)33)47-28(12-14-46-30(44)10-8-2)22(4)40(20-42)18-26-16-36-24(6)38-32(26)34/h15-16,19-20H,7-14,17-18H2,1-6H3,(H2,33,35,37)(H2,34,36,38). The van der Waals surface area contributed by atoms with Crippen LogP contribution in [-0.4, -0.2) is 67.7 Å². The average molecular weight is 671 g/mol. The second kappa shape index (κ2) is 19.9. The Bertz CT molecular complexity index is 1360. The topological polar surface area (TPSA) is 197 Å². The van der Waals surface area contributed by atoms with Crippen LogP contribution in [0.25, 0.3) is 0 Å². The van der Waals surface area contributed by atoms with Crippen LogP contribution in [0, 0.1) is 13.8 Å². The van der Waals surface area contributed by atoms with Crippen molar-refractivity contribution in [2.75, 3.05) is 24.7 Å². The van der Waals surface area contributed by atoms with Crippen molar-refractivity contribution in [3.63, 3.8) is 0 Å². The second-order valence-corrected chi connectivity index (χ2v) is 11.9. The molecule has 0 fully saturated rings. The molecule has 4 N–H and O–H groups in total. The number of nitrogens with zero attached hydrogens (tertiary/aromatic N) is 6. The largest absolute Gasteiger partial charge is 0.465 e. The molecular weight excluding hydrogens is 624 g/mol. The number of amides is 2. The molecule has 0 radical (unpaired) electrons. The van der Waals surface area contributed by atoms with Crippen LogP contribution in [-0.2, 0) is 41.7 Å². The normalized spacial score (nSPS) is 12.0. The van der Waals surface area contributed by atoms with Crippen molar-refractivity contribution in [2.45, 2.75) is 93.2 Å². The summed E-state index contributed by atoms with van der Waals surface area (Å²) in [6.07, 6.45) is 6.90. The molecule has 0 bridgehead atoms. The van der Waals surface area contributed by atoms with Gasteiger partial charge in [0.05, 0.1) is 26.3 Å². The molecule has 0 atom stereocenters. The number of nitrogen functional groups attached to an aromatic ring is 2. The summed E-state index contributed by atoms with van der Waals surface area (Å²) in [5.74, 6) is 0.865. The molecule has 0 aliphatic carbocycles. The van der Waals surface area contributed by atoms with Crippen LogP contribution < -0.4 is 11.5 Å². The first kappa shape index (κ1) is 38.7.